The Labute approximate surface area is 245 Å². The molecule has 4 bridgehead atoms. The third-order valence-corrected chi connectivity index (χ3v) is 10.3. The lowest BCUT2D eigenvalue weighted by atomic mass is 9.74. The molecule has 12 nitrogen and oxygen atoms in total. The minimum absolute atomic E-state index is 0.0199. The van der Waals surface area contributed by atoms with Crippen molar-refractivity contribution < 1.29 is 48.6 Å². The molecule has 224 valence electrons. The van der Waals surface area contributed by atoms with Gasteiger partial charge in [0, 0.05) is 41.0 Å². The Morgan fingerprint density at radius 2 is 1.88 bits per heavy atom. The number of hydrogen-bond donors (Lipinski definition) is 4. The minimum Gasteiger partial charge on any atom is -0.504 e. The number of aliphatic hydroxyl groups is 2. The number of cyclic esters (lactones) is 1. The fourth-order valence-corrected chi connectivity index (χ4v) is 8.80. The summed E-state index contributed by atoms with van der Waals surface area (Å²) in [5.41, 5.74) is 4.16. The number of carbonyl (C=O) groups excluding carboxylic acids is 2. The summed E-state index contributed by atoms with van der Waals surface area (Å²) in [6.45, 7) is 4.72. The highest BCUT2D eigenvalue weighted by Gasteiger charge is 2.58. The Balaban J connectivity index is 1.52. The molecule has 0 amide bonds. The molecule has 5 aliphatic heterocycles. The highest BCUT2D eigenvalue weighted by molar-refractivity contribution is 7.99. The van der Waals surface area contributed by atoms with Gasteiger partial charge in [0.1, 0.15) is 18.6 Å². The smallest absolute Gasteiger partial charge is 0.335 e. The van der Waals surface area contributed by atoms with Gasteiger partial charge >= 0.3 is 11.9 Å². The van der Waals surface area contributed by atoms with Crippen LogP contribution in [-0.2, 0) is 20.7 Å². The molecule has 2 saturated heterocycles. The lowest BCUT2D eigenvalue weighted by Gasteiger charge is -2.59. The molecule has 13 heteroatoms. The first kappa shape index (κ1) is 27.6. The molecule has 0 aliphatic carbocycles. The van der Waals surface area contributed by atoms with Crippen molar-refractivity contribution in [2.24, 2.45) is 0 Å². The number of nitrogens with one attached hydrogen (secondary N) is 1. The maximum atomic E-state index is 12.7. The zero-order valence-electron chi connectivity index (χ0n) is 23.5. The van der Waals surface area contributed by atoms with Crippen molar-refractivity contribution in [2.45, 2.75) is 68.9 Å². The van der Waals surface area contributed by atoms with E-state index in [1.807, 2.05) is 17.9 Å². The minimum atomic E-state index is -1.39. The number of piperazine rings is 1. The van der Waals surface area contributed by atoms with Crippen LogP contribution in [0.15, 0.2) is 6.07 Å². The number of esters is 2. The number of phenols is 1. The van der Waals surface area contributed by atoms with Gasteiger partial charge in [0.25, 0.3) is 0 Å². The number of ether oxygens (including phenoxy) is 5. The van der Waals surface area contributed by atoms with Crippen LogP contribution in [0.3, 0.4) is 0 Å². The van der Waals surface area contributed by atoms with Crippen LogP contribution in [0.25, 0.3) is 0 Å². The Morgan fingerprint density at radius 3 is 2.62 bits per heavy atom. The number of hydrogen-bond acceptors (Lipinski definition) is 13. The molecule has 0 aromatic heterocycles. The van der Waals surface area contributed by atoms with Crippen molar-refractivity contribution >= 4 is 23.7 Å². The van der Waals surface area contributed by atoms with Crippen LogP contribution in [0.4, 0.5) is 0 Å². The van der Waals surface area contributed by atoms with Crippen LogP contribution in [-0.4, -0.2) is 82.8 Å². The van der Waals surface area contributed by atoms with Gasteiger partial charge in [-0.2, -0.15) is 0 Å². The average molecular weight is 601 g/mol. The van der Waals surface area contributed by atoms with E-state index in [1.165, 1.54) is 25.8 Å². The van der Waals surface area contributed by atoms with Gasteiger partial charge in [-0.05, 0) is 31.4 Å². The molecule has 0 saturated carbocycles. The highest BCUT2D eigenvalue weighted by atomic mass is 32.2. The summed E-state index contributed by atoms with van der Waals surface area (Å²) in [6, 6.07) is -0.232. The Hall–Kier alpha value is -3.23. The standard InChI is InChI=1S/C29H32N2O10S/c1-10-5-13-6-14-28(35)31-15-7-38-29(36)16(33)8-42-27(21(31)20(30-14)17(13)22(34)23(10)37-4)19-18(15)26-25(39-9-40-26)11(2)24(19)41-12(3)32/h5,14-16,20-21,27-28,30,33-35H,6-9H2,1-4H3/t14-,15+,16+,20+,21?,27-,28+/m1/s1. The number of carbonyl (C=O) groups is 2. The molecule has 5 aliphatic rings. The summed E-state index contributed by atoms with van der Waals surface area (Å²) in [6.07, 6.45) is -1.97. The van der Waals surface area contributed by atoms with Crippen molar-refractivity contribution in [1.82, 2.24) is 10.2 Å². The molecule has 0 radical (unpaired) electrons. The molecule has 1 unspecified atom stereocenters. The van der Waals surface area contributed by atoms with Gasteiger partial charge in [-0.1, -0.05) is 6.07 Å². The van der Waals surface area contributed by atoms with Crippen LogP contribution in [0, 0.1) is 13.8 Å². The first-order chi connectivity index (χ1) is 20.1. The number of rotatable bonds is 2. The third-order valence-electron chi connectivity index (χ3n) is 8.96. The van der Waals surface area contributed by atoms with Crippen LogP contribution in [0.2, 0.25) is 0 Å². The molecule has 2 aromatic rings. The van der Waals surface area contributed by atoms with E-state index in [-0.39, 0.29) is 24.9 Å². The second kappa shape index (κ2) is 9.91. The molecule has 0 spiro atoms. The number of nitrogens with zero attached hydrogens (tertiary/aromatic N) is 1. The third kappa shape index (κ3) is 3.83. The summed E-state index contributed by atoms with van der Waals surface area (Å²) in [4.78, 5) is 27.1. The summed E-state index contributed by atoms with van der Waals surface area (Å²) in [5, 5.41) is 37.2. The average Bonchev–Trinajstić information content (AvgIpc) is 3.44. The summed E-state index contributed by atoms with van der Waals surface area (Å²) in [5.74, 6) is 0.261. The number of aryl methyl sites for hydroxylation is 1. The van der Waals surface area contributed by atoms with Gasteiger partial charge in [0.15, 0.2) is 29.1 Å². The van der Waals surface area contributed by atoms with Crippen LogP contribution in [0.1, 0.15) is 57.6 Å². The van der Waals surface area contributed by atoms with Crippen molar-refractivity contribution in [3.8, 4) is 28.7 Å². The van der Waals surface area contributed by atoms with E-state index >= 15 is 0 Å². The number of methoxy groups -OCH3 is 1. The monoisotopic (exact) mass is 600 g/mol. The SMILES string of the molecule is COc1c(C)cc2c(c1O)[C@@H]1N[C@H](C2)[C@H](O)N2C1[C@@H]1SC[C@H](O)C(=O)OC[C@H]2c2c3c(c(C)c(OC(C)=O)c21)OCO3. The fraction of sp³-hybridized carbons (Fsp3) is 0.517. The molecular weight excluding hydrogens is 568 g/mol. The second-order valence-corrected chi connectivity index (χ2v) is 12.5. The van der Waals surface area contributed by atoms with Gasteiger partial charge < -0.3 is 44.3 Å². The van der Waals surface area contributed by atoms with Crippen molar-refractivity contribution in [1.29, 1.82) is 0 Å². The van der Waals surface area contributed by atoms with E-state index in [2.05, 4.69) is 5.32 Å². The van der Waals surface area contributed by atoms with Gasteiger partial charge in [-0.15, -0.1) is 11.8 Å². The van der Waals surface area contributed by atoms with E-state index in [0.717, 1.165) is 11.1 Å². The number of phenolic OH excluding ortho intramolecular Hbond substituents is 1. The first-order valence-corrected chi connectivity index (χ1v) is 14.9. The Kier molecular flexibility index (Phi) is 6.51. The van der Waals surface area contributed by atoms with Crippen LogP contribution >= 0.6 is 11.8 Å². The zero-order chi connectivity index (χ0) is 29.6. The molecule has 42 heavy (non-hydrogen) atoms. The van der Waals surface area contributed by atoms with E-state index in [0.29, 0.717) is 51.7 Å². The van der Waals surface area contributed by atoms with Gasteiger partial charge in [-0.25, -0.2) is 4.79 Å². The van der Waals surface area contributed by atoms with Gasteiger partial charge in [-0.3, -0.25) is 9.69 Å². The lowest BCUT2D eigenvalue weighted by Crippen LogP contribution is -2.69. The second-order valence-electron chi connectivity index (χ2n) is 11.3. The number of thioether (sulfide) groups is 1. The number of aromatic hydroxyl groups is 1. The maximum absolute atomic E-state index is 12.7. The normalized spacial score (nSPS) is 31.0. The van der Waals surface area contributed by atoms with E-state index in [9.17, 15) is 24.9 Å². The van der Waals surface area contributed by atoms with Gasteiger partial charge in [0.05, 0.1) is 30.5 Å². The number of benzene rings is 2. The van der Waals surface area contributed by atoms with E-state index in [4.69, 9.17) is 23.7 Å². The molecule has 7 rings (SSSR count). The number of aliphatic hydroxyl groups excluding tert-OH is 2. The Morgan fingerprint density at radius 1 is 1.12 bits per heavy atom. The Bertz CT molecular complexity index is 1510. The quantitative estimate of drug-likeness (QED) is 0.292. The summed E-state index contributed by atoms with van der Waals surface area (Å²) in [7, 11) is 1.51. The largest absolute Gasteiger partial charge is 0.504 e. The molecule has 7 atom stereocenters. The summed E-state index contributed by atoms with van der Waals surface area (Å²) < 4.78 is 28.9. The van der Waals surface area contributed by atoms with Gasteiger partial charge in [0.2, 0.25) is 6.79 Å². The van der Waals surface area contributed by atoms with Crippen molar-refractivity contribution in [2.75, 3.05) is 26.3 Å². The zero-order valence-corrected chi connectivity index (χ0v) is 24.3. The summed E-state index contributed by atoms with van der Waals surface area (Å²) >= 11 is 1.29. The van der Waals surface area contributed by atoms with Crippen molar-refractivity contribution in [3.05, 3.63) is 39.4 Å². The van der Waals surface area contributed by atoms with E-state index < -0.39 is 53.7 Å². The predicted octanol–water partition coefficient (Wildman–Crippen LogP) is 1.68. The van der Waals surface area contributed by atoms with Crippen molar-refractivity contribution in [3.63, 3.8) is 0 Å². The lowest BCUT2D eigenvalue weighted by molar-refractivity contribution is -0.165. The van der Waals surface area contributed by atoms with Crippen LogP contribution in [0.5, 0.6) is 28.7 Å². The van der Waals surface area contributed by atoms with E-state index in [1.54, 1.807) is 6.92 Å². The fourth-order valence-electron chi connectivity index (χ4n) is 7.38. The predicted molar refractivity (Wildman–Crippen MR) is 148 cm³/mol. The molecule has 5 heterocycles. The maximum Gasteiger partial charge on any atom is 0.335 e. The molecular formula is C29H32N2O10S. The highest BCUT2D eigenvalue weighted by Crippen LogP contribution is 2.62. The topological polar surface area (TPSA) is 156 Å². The molecule has 2 aromatic carbocycles. The first-order valence-electron chi connectivity index (χ1n) is 13.8. The van der Waals surface area contributed by atoms with Crippen LogP contribution < -0.4 is 24.3 Å². The molecule has 2 fully saturated rings. The number of fused-ring (bicyclic) bond motifs is 9. The molecule has 4 N–H and O–H groups in total.